The van der Waals surface area contributed by atoms with Gasteiger partial charge in [0.25, 0.3) is 5.56 Å². The second-order valence-electron chi connectivity index (χ2n) is 6.55. The molecule has 1 aliphatic heterocycles. The van der Waals surface area contributed by atoms with E-state index in [1.807, 2.05) is 18.2 Å². The first kappa shape index (κ1) is 16.8. The summed E-state index contributed by atoms with van der Waals surface area (Å²) < 4.78 is 3.21. The number of rotatable bonds is 3. The van der Waals surface area contributed by atoms with Gasteiger partial charge in [0.15, 0.2) is 0 Å². The summed E-state index contributed by atoms with van der Waals surface area (Å²) >= 11 is 4.85. The lowest BCUT2D eigenvalue weighted by Gasteiger charge is -2.22. The molecule has 5 nitrogen and oxygen atoms in total. The van der Waals surface area contributed by atoms with Crippen molar-refractivity contribution in [1.29, 1.82) is 0 Å². The zero-order valence-corrected chi connectivity index (χ0v) is 16.5. The summed E-state index contributed by atoms with van der Waals surface area (Å²) in [6.45, 7) is 2.11. The van der Waals surface area contributed by atoms with Crippen molar-refractivity contribution in [3.8, 4) is 5.69 Å². The van der Waals surface area contributed by atoms with Gasteiger partial charge in [0.1, 0.15) is 11.0 Å². The number of nitrogens with zero attached hydrogens (tertiary/aromatic N) is 4. The van der Waals surface area contributed by atoms with E-state index in [4.69, 9.17) is 0 Å². The first-order valence-electron chi connectivity index (χ1n) is 8.21. The second-order valence-corrected chi connectivity index (χ2v) is 8.98. The molecule has 1 saturated heterocycles. The molecule has 0 bridgehead atoms. The first-order valence-corrected chi connectivity index (χ1v) is 9.82. The standard InChI is InChI=1S/C18H19BrN4OS/c1-21(2)14-7-8-22(10-14)12-3-5-13(6-4-12)23-11-20-15-9-16(19)25-17(15)18(23)24/h3-6,9,11,14H,7-8,10H2,1-2H3. The summed E-state index contributed by atoms with van der Waals surface area (Å²) in [7, 11) is 4.27. The molecule has 2 aromatic heterocycles. The van der Waals surface area contributed by atoms with E-state index in [-0.39, 0.29) is 5.56 Å². The second kappa shape index (κ2) is 6.55. The smallest absolute Gasteiger partial charge is 0.275 e. The highest BCUT2D eigenvalue weighted by atomic mass is 79.9. The zero-order chi connectivity index (χ0) is 17.6. The number of likely N-dealkylation sites (N-methyl/N-ethyl adjacent to an activating group) is 1. The zero-order valence-electron chi connectivity index (χ0n) is 14.1. The molecule has 1 fully saturated rings. The van der Waals surface area contributed by atoms with Gasteiger partial charge < -0.3 is 9.80 Å². The van der Waals surface area contributed by atoms with Crippen molar-refractivity contribution in [2.75, 3.05) is 32.1 Å². The molecule has 4 rings (SSSR count). The number of halogens is 1. The molecule has 130 valence electrons. The van der Waals surface area contributed by atoms with Crippen molar-refractivity contribution in [3.05, 3.63) is 50.8 Å². The maximum Gasteiger partial charge on any atom is 0.275 e. The number of hydrogen-bond acceptors (Lipinski definition) is 5. The van der Waals surface area contributed by atoms with Crippen LogP contribution in [0.15, 0.2) is 45.2 Å². The minimum atomic E-state index is -0.0257. The van der Waals surface area contributed by atoms with Gasteiger partial charge in [0, 0.05) is 24.8 Å². The summed E-state index contributed by atoms with van der Waals surface area (Å²) in [6, 6.07) is 10.7. The fraction of sp³-hybridized carbons (Fsp3) is 0.333. The Morgan fingerprint density at radius 2 is 1.96 bits per heavy atom. The predicted octanol–water partition coefficient (Wildman–Crippen LogP) is 3.35. The Balaban J connectivity index is 1.63. The molecule has 0 aliphatic carbocycles. The quantitative estimate of drug-likeness (QED) is 0.653. The van der Waals surface area contributed by atoms with Crippen LogP contribution >= 0.6 is 27.3 Å². The number of hydrogen-bond donors (Lipinski definition) is 0. The van der Waals surface area contributed by atoms with E-state index in [0.717, 1.165) is 28.1 Å². The monoisotopic (exact) mass is 418 g/mol. The van der Waals surface area contributed by atoms with Crippen LogP contribution in [-0.4, -0.2) is 47.7 Å². The van der Waals surface area contributed by atoms with Crippen LogP contribution in [0.5, 0.6) is 0 Å². The van der Waals surface area contributed by atoms with E-state index in [0.29, 0.717) is 10.7 Å². The summed E-state index contributed by atoms with van der Waals surface area (Å²) in [5, 5.41) is 0. The van der Waals surface area contributed by atoms with Crippen LogP contribution in [0, 0.1) is 0 Å². The van der Waals surface area contributed by atoms with E-state index in [9.17, 15) is 4.79 Å². The van der Waals surface area contributed by atoms with Crippen molar-refractivity contribution in [3.63, 3.8) is 0 Å². The minimum Gasteiger partial charge on any atom is -0.370 e. The highest BCUT2D eigenvalue weighted by Gasteiger charge is 2.24. The Hall–Kier alpha value is -1.70. The molecular weight excluding hydrogens is 400 g/mol. The van der Waals surface area contributed by atoms with Crippen LogP contribution in [0.25, 0.3) is 15.9 Å². The minimum absolute atomic E-state index is 0.0257. The Labute approximate surface area is 158 Å². The molecule has 7 heteroatoms. The van der Waals surface area contributed by atoms with E-state index < -0.39 is 0 Å². The van der Waals surface area contributed by atoms with Gasteiger partial charge in [-0.15, -0.1) is 11.3 Å². The predicted molar refractivity (Wildman–Crippen MR) is 107 cm³/mol. The van der Waals surface area contributed by atoms with E-state index in [1.165, 1.54) is 23.4 Å². The van der Waals surface area contributed by atoms with Crippen molar-refractivity contribution >= 4 is 43.2 Å². The maximum atomic E-state index is 12.7. The summed E-state index contributed by atoms with van der Waals surface area (Å²) in [5.74, 6) is 0. The third-order valence-electron chi connectivity index (χ3n) is 4.79. The topological polar surface area (TPSA) is 41.4 Å². The molecule has 3 aromatic rings. The molecule has 1 aliphatic rings. The fourth-order valence-electron chi connectivity index (χ4n) is 3.29. The van der Waals surface area contributed by atoms with Gasteiger partial charge in [0.05, 0.1) is 15.0 Å². The van der Waals surface area contributed by atoms with Crippen LogP contribution < -0.4 is 10.5 Å². The third-order valence-corrected chi connectivity index (χ3v) is 6.41. The number of aromatic nitrogens is 2. The lowest BCUT2D eigenvalue weighted by atomic mass is 10.2. The van der Waals surface area contributed by atoms with Gasteiger partial charge in [-0.1, -0.05) is 0 Å². The van der Waals surface area contributed by atoms with E-state index in [1.54, 1.807) is 10.9 Å². The molecule has 3 heterocycles. The van der Waals surface area contributed by atoms with Gasteiger partial charge in [0.2, 0.25) is 0 Å². The molecule has 0 radical (unpaired) electrons. The number of benzene rings is 1. The molecule has 0 saturated carbocycles. The highest BCUT2D eigenvalue weighted by molar-refractivity contribution is 9.11. The lowest BCUT2D eigenvalue weighted by Crippen LogP contribution is -2.31. The molecule has 0 spiro atoms. The Morgan fingerprint density at radius 3 is 2.64 bits per heavy atom. The molecule has 0 amide bonds. The summed E-state index contributed by atoms with van der Waals surface area (Å²) in [6.07, 6.45) is 2.79. The lowest BCUT2D eigenvalue weighted by molar-refractivity contribution is 0.315. The van der Waals surface area contributed by atoms with Crippen molar-refractivity contribution in [1.82, 2.24) is 14.5 Å². The normalized spacial score (nSPS) is 17.8. The van der Waals surface area contributed by atoms with Gasteiger partial charge in [-0.05, 0) is 66.8 Å². The number of fused-ring (bicyclic) bond motifs is 1. The summed E-state index contributed by atoms with van der Waals surface area (Å²) in [5.41, 5.74) is 2.76. The van der Waals surface area contributed by atoms with Crippen LogP contribution in [-0.2, 0) is 0 Å². The molecule has 1 unspecified atom stereocenters. The SMILES string of the molecule is CN(C)C1CCN(c2ccc(-n3cnc4cc(Br)sc4c3=O)cc2)C1. The van der Waals surface area contributed by atoms with Gasteiger partial charge >= 0.3 is 0 Å². The van der Waals surface area contributed by atoms with Crippen LogP contribution in [0.4, 0.5) is 5.69 Å². The third kappa shape index (κ3) is 3.12. The van der Waals surface area contributed by atoms with Crippen molar-refractivity contribution in [2.45, 2.75) is 12.5 Å². The Kier molecular flexibility index (Phi) is 4.39. The number of thiophene rings is 1. The van der Waals surface area contributed by atoms with Crippen LogP contribution in [0.2, 0.25) is 0 Å². The van der Waals surface area contributed by atoms with Crippen molar-refractivity contribution < 1.29 is 0 Å². The maximum absolute atomic E-state index is 12.7. The van der Waals surface area contributed by atoms with Gasteiger partial charge in [-0.3, -0.25) is 9.36 Å². The molecule has 1 atom stereocenters. The van der Waals surface area contributed by atoms with Gasteiger partial charge in [-0.25, -0.2) is 4.98 Å². The van der Waals surface area contributed by atoms with Crippen LogP contribution in [0.3, 0.4) is 0 Å². The largest absolute Gasteiger partial charge is 0.370 e. The molecule has 1 aromatic carbocycles. The average molecular weight is 419 g/mol. The molecular formula is C18H19BrN4OS. The average Bonchev–Trinajstić information content (AvgIpc) is 3.22. The van der Waals surface area contributed by atoms with E-state index in [2.05, 4.69) is 56.9 Å². The number of anilines is 1. The molecule has 25 heavy (non-hydrogen) atoms. The van der Waals surface area contributed by atoms with E-state index >= 15 is 0 Å². The van der Waals surface area contributed by atoms with Crippen molar-refractivity contribution in [2.24, 2.45) is 0 Å². The van der Waals surface area contributed by atoms with Crippen LogP contribution in [0.1, 0.15) is 6.42 Å². The first-order chi connectivity index (χ1) is 12.0. The Bertz CT molecular complexity index is 963. The Morgan fingerprint density at radius 1 is 1.24 bits per heavy atom. The highest BCUT2D eigenvalue weighted by Crippen LogP contribution is 2.26. The fourth-order valence-corrected chi connectivity index (χ4v) is 4.76. The molecule has 0 N–H and O–H groups in total. The summed E-state index contributed by atoms with van der Waals surface area (Å²) in [4.78, 5) is 21.8. The van der Waals surface area contributed by atoms with Gasteiger partial charge in [-0.2, -0.15) is 0 Å².